The van der Waals surface area contributed by atoms with Crippen LogP contribution in [0.5, 0.6) is 0 Å². The van der Waals surface area contributed by atoms with Crippen molar-refractivity contribution in [2.45, 2.75) is 165 Å². The van der Waals surface area contributed by atoms with E-state index in [-0.39, 0.29) is 88.8 Å². The van der Waals surface area contributed by atoms with E-state index in [1.165, 1.54) is 11.3 Å². The highest BCUT2D eigenvalue weighted by Crippen LogP contribution is 2.36. The van der Waals surface area contributed by atoms with Crippen molar-refractivity contribution in [2.75, 3.05) is 20.6 Å². The number of hydrogen-bond donors (Lipinski definition) is 1. The standard InChI is InChI=1S/C42H74N4O4S/c1-16-28(6)32(23-36(47)34-19-17-18-20-45(34)14)40(50)46(15)35(27(4)5)22-31(26(2)3)39-44-33(25-51-39)38(49)43-30(24-41(8,9)10)21-29(7)37(48)42(11,12)13/h25-32,34-35H,16-24H2,1-15H3,(H,43,49)/t28?,29-,30+,31-,32-,34+,35+/m0/s1. The second-order valence-electron chi connectivity index (χ2n) is 18.8. The Morgan fingerprint density at radius 2 is 1.61 bits per heavy atom. The summed E-state index contributed by atoms with van der Waals surface area (Å²) in [6.07, 6.45) is 6.23. The normalized spacial score (nSPS) is 19.7. The van der Waals surface area contributed by atoms with Crippen LogP contribution in [-0.2, 0) is 14.4 Å². The predicted octanol–water partition coefficient (Wildman–Crippen LogP) is 9.04. The summed E-state index contributed by atoms with van der Waals surface area (Å²) in [5, 5.41) is 5.99. The lowest BCUT2D eigenvalue weighted by Crippen LogP contribution is -2.48. The molecule has 1 aliphatic rings. The number of nitrogens with zero attached hydrogens (tertiary/aromatic N) is 3. The van der Waals surface area contributed by atoms with Gasteiger partial charge < -0.3 is 10.2 Å². The maximum atomic E-state index is 14.3. The Hall–Kier alpha value is -2.13. The zero-order valence-electron chi connectivity index (χ0n) is 35.0. The number of thiazole rings is 1. The molecule has 0 bridgehead atoms. The first-order valence-electron chi connectivity index (χ1n) is 19.8. The number of aromatic nitrogens is 1. The minimum Gasteiger partial charge on any atom is -0.348 e. The smallest absolute Gasteiger partial charge is 0.270 e. The van der Waals surface area contributed by atoms with E-state index in [2.05, 4.69) is 72.5 Å². The Bertz CT molecular complexity index is 1290. The van der Waals surface area contributed by atoms with Gasteiger partial charge in [-0.15, -0.1) is 11.3 Å². The molecule has 2 amide bonds. The molecule has 292 valence electrons. The van der Waals surface area contributed by atoms with Crippen molar-refractivity contribution < 1.29 is 19.2 Å². The number of likely N-dealkylation sites (N-methyl/N-ethyl adjacent to an activating group) is 1. The van der Waals surface area contributed by atoms with Crippen LogP contribution in [0, 0.1) is 40.4 Å². The van der Waals surface area contributed by atoms with Crippen molar-refractivity contribution in [3.63, 3.8) is 0 Å². The van der Waals surface area contributed by atoms with E-state index in [4.69, 9.17) is 4.98 Å². The molecule has 7 atom stereocenters. The summed E-state index contributed by atoms with van der Waals surface area (Å²) in [6, 6.07) is -0.300. The van der Waals surface area contributed by atoms with Gasteiger partial charge in [-0.1, -0.05) is 103 Å². The molecule has 1 unspecified atom stereocenters. The quantitative estimate of drug-likeness (QED) is 0.162. The lowest BCUT2D eigenvalue weighted by atomic mass is 9.78. The lowest BCUT2D eigenvalue weighted by Gasteiger charge is -2.38. The Morgan fingerprint density at radius 1 is 0.980 bits per heavy atom. The minimum atomic E-state index is -0.434. The van der Waals surface area contributed by atoms with Gasteiger partial charge in [-0.05, 0) is 68.9 Å². The van der Waals surface area contributed by atoms with Crippen molar-refractivity contribution in [1.29, 1.82) is 0 Å². The van der Waals surface area contributed by atoms with Crippen molar-refractivity contribution in [2.24, 2.45) is 40.4 Å². The Balaban J connectivity index is 2.28. The van der Waals surface area contributed by atoms with Gasteiger partial charge >= 0.3 is 0 Å². The number of ketones is 2. The summed E-state index contributed by atoms with van der Waals surface area (Å²) in [4.78, 5) is 63.6. The molecule has 1 saturated heterocycles. The minimum absolute atomic E-state index is 0.0266. The van der Waals surface area contributed by atoms with Gasteiger partial charge in [0.15, 0.2) is 5.78 Å². The van der Waals surface area contributed by atoms with E-state index < -0.39 is 5.41 Å². The number of carbonyl (C=O) groups is 4. The zero-order valence-corrected chi connectivity index (χ0v) is 35.8. The number of Topliss-reactive ketones (excluding diaryl/α,β-unsaturated/α-hetero) is 2. The first-order valence-corrected chi connectivity index (χ1v) is 20.7. The molecule has 0 aliphatic carbocycles. The Morgan fingerprint density at radius 3 is 2.12 bits per heavy atom. The Kier molecular flexibility index (Phi) is 17.0. The van der Waals surface area contributed by atoms with Gasteiger partial charge in [-0.25, -0.2) is 4.98 Å². The molecule has 0 radical (unpaired) electrons. The largest absolute Gasteiger partial charge is 0.348 e. The fourth-order valence-electron chi connectivity index (χ4n) is 7.90. The molecule has 0 saturated carbocycles. The second-order valence-corrected chi connectivity index (χ2v) is 19.6. The van der Waals surface area contributed by atoms with Gasteiger partial charge in [0.1, 0.15) is 11.5 Å². The molecule has 0 aromatic carbocycles. The maximum absolute atomic E-state index is 14.3. The van der Waals surface area contributed by atoms with Crippen LogP contribution >= 0.6 is 11.3 Å². The van der Waals surface area contributed by atoms with E-state index in [1.54, 1.807) is 0 Å². The summed E-state index contributed by atoms with van der Waals surface area (Å²) in [6.45, 7) is 28.1. The molecule has 1 aromatic rings. The first kappa shape index (κ1) is 45.0. The average Bonchev–Trinajstić information content (AvgIpc) is 3.51. The summed E-state index contributed by atoms with van der Waals surface area (Å²) in [5.41, 5.74) is -0.0552. The molecule has 9 heteroatoms. The molecule has 8 nitrogen and oxygen atoms in total. The van der Waals surface area contributed by atoms with E-state index in [0.29, 0.717) is 12.1 Å². The van der Waals surface area contributed by atoms with E-state index in [1.807, 2.05) is 52.1 Å². The lowest BCUT2D eigenvalue weighted by molar-refractivity contribution is -0.142. The molecule has 2 heterocycles. The van der Waals surface area contributed by atoms with Crippen molar-refractivity contribution in [3.05, 3.63) is 16.1 Å². The number of amides is 2. The Labute approximate surface area is 315 Å². The summed E-state index contributed by atoms with van der Waals surface area (Å²) in [5.74, 6) is 0.305. The van der Waals surface area contributed by atoms with Gasteiger partial charge in [-0.3, -0.25) is 24.1 Å². The van der Waals surface area contributed by atoms with E-state index in [0.717, 1.165) is 50.1 Å². The van der Waals surface area contributed by atoms with Crippen LogP contribution in [0.15, 0.2) is 5.38 Å². The molecule has 0 spiro atoms. The fraction of sp³-hybridized carbons (Fsp3) is 0.833. The molecule has 1 aliphatic heterocycles. The van der Waals surface area contributed by atoms with Crippen LogP contribution < -0.4 is 5.32 Å². The van der Waals surface area contributed by atoms with Gasteiger partial charge in [0.2, 0.25) is 5.91 Å². The van der Waals surface area contributed by atoms with Crippen LogP contribution in [0.4, 0.5) is 0 Å². The molecular formula is C42H74N4O4S. The highest BCUT2D eigenvalue weighted by molar-refractivity contribution is 7.09. The van der Waals surface area contributed by atoms with E-state index in [9.17, 15) is 19.2 Å². The third-order valence-corrected chi connectivity index (χ3v) is 12.2. The monoisotopic (exact) mass is 731 g/mol. The second kappa shape index (κ2) is 19.3. The topological polar surface area (TPSA) is 99.7 Å². The SMILES string of the molecule is CCC(C)[C@H](CC(=O)[C@H]1CCCCN1C)C(=O)N(C)[C@H](C[C@H](c1nc(C(=O)N[C@H](C[C@H](C)C(=O)C(C)(C)C)CC(C)(C)C)cs1)C(C)C)C(C)C. The molecule has 51 heavy (non-hydrogen) atoms. The van der Waals surface area contributed by atoms with Gasteiger partial charge in [0.05, 0.1) is 11.0 Å². The van der Waals surface area contributed by atoms with Gasteiger partial charge in [-0.2, -0.15) is 0 Å². The van der Waals surface area contributed by atoms with Crippen LogP contribution in [0.2, 0.25) is 0 Å². The van der Waals surface area contributed by atoms with Crippen molar-refractivity contribution >= 4 is 34.7 Å². The first-order chi connectivity index (χ1) is 23.5. The van der Waals surface area contributed by atoms with Gasteiger partial charge in [0.25, 0.3) is 5.91 Å². The number of hydrogen-bond acceptors (Lipinski definition) is 7. The number of likely N-dealkylation sites (tertiary alicyclic amines) is 1. The summed E-state index contributed by atoms with van der Waals surface area (Å²) >= 11 is 1.51. The predicted molar refractivity (Wildman–Crippen MR) is 212 cm³/mol. The summed E-state index contributed by atoms with van der Waals surface area (Å²) < 4.78 is 0. The highest BCUT2D eigenvalue weighted by atomic mass is 32.1. The number of nitrogens with one attached hydrogen (secondary N) is 1. The zero-order chi connectivity index (χ0) is 39.0. The van der Waals surface area contributed by atoms with Crippen LogP contribution in [-0.4, -0.2) is 76.9 Å². The number of carbonyl (C=O) groups excluding carboxylic acids is 4. The maximum Gasteiger partial charge on any atom is 0.270 e. The third-order valence-electron chi connectivity index (χ3n) is 11.2. The summed E-state index contributed by atoms with van der Waals surface area (Å²) in [7, 11) is 3.95. The number of rotatable bonds is 18. The molecule has 2 rings (SSSR count). The fourth-order valence-corrected chi connectivity index (χ4v) is 8.99. The average molecular weight is 731 g/mol. The molecular weight excluding hydrogens is 657 g/mol. The molecule has 1 fully saturated rings. The highest BCUT2D eigenvalue weighted by Gasteiger charge is 2.38. The van der Waals surface area contributed by atoms with E-state index >= 15 is 0 Å². The van der Waals surface area contributed by atoms with Crippen molar-refractivity contribution in [3.8, 4) is 0 Å². The van der Waals surface area contributed by atoms with Crippen LogP contribution in [0.3, 0.4) is 0 Å². The van der Waals surface area contributed by atoms with Crippen LogP contribution in [0.1, 0.15) is 163 Å². The van der Waals surface area contributed by atoms with Crippen LogP contribution in [0.25, 0.3) is 0 Å². The third kappa shape index (κ3) is 13.3. The van der Waals surface area contributed by atoms with Gasteiger partial charge in [0, 0.05) is 54.1 Å². The molecule has 1 aromatic heterocycles. The number of piperidine rings is 1. The molecule has 1 N–H and O–H groups in total. The van der Waals surface area contributed by atoms with Crippen molar-refractivity contribution in [1.82, 2.24) is 20.1 Å².